The summed E-state index contributed by atoms with van der Waals surface area (Å²) < 4.78 is 2.65. The molecule has 0 saturated heterocycles. The van der Waals surface area contributed by atoms with Crippen molar-refractivity contribution in [2.75, 3.05) is 4.90 Å². The van der Waals surface area contributed by atoms with Gasteiger partial charge in [0.15, 0.2) is 0 Å². The molecule has 1 aliphatic rings. The van der Waals surface area contributed by atoms with Crippen LogP contribution in [-0.2, 0) is 5.41 Å². The van der Waals surface area contributed by atoms with Gasteiger partial charge in [0.05, 0.1) is 5.69 Å². The molecular weight excluding hydrogens is 707 g/mol. The second-order valence-corrected chi connectivity index (χ2v) is 16.8. The Morgan fingerprint density at radius 3 is 1.70 bits per heavy atom. The van der Waals surface area contributed by atoms with E-state index in [1.54, 1.807) is 0 Å². The SMILES string of the molecule is CC1(C)c2ccccc2-c2ccc(-c3ccc(N(c4ccc(-c5ccc6c(c5)sc5ccccc56)cc4)c4ccccc4-c4cccc5ccccc45)cc3)cc21. The van der Waals surface area contributed by atoms with Gasteiger partial charge in [-0.15, -0.1) is 11.3 Å². The normalized spacial score (nSPS) is 12.9. The van der Waals surface area contributed by atoms with E-state index in [0.29, 0.717) is 0 Å². The molecule has 57 heavy (non-hydrogen) atoms. The fourth-order valence-corrected chi connectivity index (χ4v) is 10.3. The highest BCUT2D eigenvalue weighted by molar-refractivity contribution is 7.25. The fourth-order valence-electron chi connectivity index (χ4n) is 9.18. The quantitative estimate of drug-likeness (QED) is 0.164. The van der Waals surface area contributed by atoms with Gasteiger partial charge in [-0.25, -0.2) is 0 Å². The van der Waals surface area contributed by atoms with E-state index in [1.807, 2.05) is 11.3 Å². The van der Waals surface area contributed by atoms with Crippen LogP contribution in [0.1, 0.15) is 25.0 Å². The van der Waals surface area contributed by atoms with Crippen molar-refractivity contribution in [3.05, 3.63) is 211 Å². The predicted molar refractivity (Wildman–Crippen MR) is 245 cm³/mol. The van der Waals surface area contributed by atoms with Crippen molar-refractivity contribution in [2.45, 2.75) is 19.3 Å². The highest BCUT2D eigenvalue weighted by atomic mass is 32.1. The number of para-hydroxylation sites is 1. The maximum atomic E-state index is 2.42. The predicted octanol–water partition coefficient (Wildman–Crippen LogP) is 16.0. The first-order chi connectivity index (χ1) is 28.0. The van der Waals surface area contributed by atoms with Crippen molar-refractivity contribution in [3.63, 3.8) is 0 Å². The Labute approximate surface area is 337 Å². The first-order valence-corrected chi connectivity index (χ1v) is 20.6. The molecule has 11 rings (SSSR count). The first kappa shape index (κ1) is 33.6. The summed E-state index contributed by atoms with van der Waals surface area (Å²) in [5, 5.41) is 5.14. The summed E-state index contributed by atoms with van der Waals surface area (Å²) >= 11 is 1.87. The standard InChI is InChI=1S/C55H39NS/c1-55(2)50-19-8-5-15-45(50)46-32-26-39(34-51(46)55)36-22-28-41(29-23-36)56(52-20-9-6-16-47(52)44-18-11-13-38-12-3-4-14-43(38)44)42-30-24-37(25-31-42)40-27-33-49-48-17-7-10-21-53(48)57-54(49)35-40/h3-35H,1-2H3. The zero-order chi connectivity index (χ0) is 38.1. The third-order valence-corrected chi connectivity index (χ3v) is 13.2. The molecule has 1 aromatic heterocycles. The van der Waals surface area contributed by atoms with E-state index in [0.717, 1.165) is 17.1 Å². The maximum Gasteiger partial charge on any atom is 0.0540 e. The van der Waals surface area contributed by atoms with Gasteiger partial charge in [-0.05, 0) is 109 Å². The molecule has 10 aromatic rings. The Hall–Kier alpha value is -6.74. The molecule has 0 radical (unpaired) electrons. The Morgan fingerprint density at radius 2 is 0.912 bits per heavy atom. The van der Waals surface area contributed by atoms with Gasteiger partial charge >= 0.3 is 0 Å². The van der Waals surface area contributed by atoms with E-state index in [9.17, 15) is 0 Å². The van der Waals surface area contributed by atoms with Crippen molar-refractivity contribution < 1.29 is 0 Å². The summed E-state index contributed by atoms with van der Waals surface area (Å²) in [7, 11) is 0. The number of fused-ring (bicyclic) bond motifs is 7. The molecule has 0 unspecified atom stereocenters. The lowest BCUT2D eigenvalue weighted by Gasteiger charge is -2.28. The summed E-state index contributed by atoms with van der Waals surface area (Å²) in [6.07, 6.45) is 0. The Bertz CT molecular complexity index is 3140. The largest absolute Gasteiger partial charge is 0.310 e. The van der Waals surface area contributed by atoms with Crippen LogP contribution in [0.2, 0.25) is 0 Å². The van der Waals surface area contributed by atoms with Crippen molar-refractivity contribution in [1.82, 2.24) is 0 Å². The molecule has 0 amide bonds. The molecule has 1 heterocycles. The topological polar surface area (TPSA) is 3.24 Å². The zero-order valence-electron chi connectivity index (χ0n) is 31.9. The highest BCUT2D eigenvalue weighted by Crippen LogP contribution is 2.50. The molecule has 0 bridgehead atoms. The summed E-state index contributed by atoms with van der Waals surface area (Å²) in [6, 6.07) is 73.9. The molecule has 0 aliphatic heterocycles. The Kier molecular flexibility index (Phi) is 7.77. The minimum Gasteiger partial charge on any atom is -0.310 e. The lowest BCUT2D eigenvalue weighted by molar-refractivity contribution is 0.660. The second kappa shape index (κ2) is 13.2. The first-order valence-electron chi connectivity index (χ1n) is 19.8. The molecular formula is C55H39NS. The number of nitrogens with zero attached hydrogens (tertiary/aromatic N) is 1. The van der Waals surface area contributed by atoms with Gasteiger partial charge in [0.25, 0.3) is 0 Å². The molecule has 2 heteroatoms. The minimum absolute atomic E-state index is 0.0419. The second-order valence-electron chi connectivity index (χ2n) is 15.7. The van der Waals surface area contributed by atoms with Gasteiger partial charge < -0.3 is 4.90 Å². The molecule has 1 aliphatic carbocycles. The van der Waals surface area contributed by atoms with Crippen LogP contribution >= 0.6 is 11.3 Å². The molecule has 0 saturated carbocycles. The Morgan fingerprint density at radius 1 is 0.368 bits per heavy atom. The Balaban J connectivity index is 1.01. The highest BCUT2D eigenvalue weighted by Gasteiger charge is 2.35. The minimum atomic E-state index is -0.0419. The lowest BCUT2D eigenvalue weighted by atomic mass is 9.81. The number of anilines is 3. The van der Waals surface area contributed by atoms with E-state index in [-0.39, 0.29) is 5.41 Å². The van der Waals surface area contributed by atoms with Crippen LogP contribution in [-0.4, -0.2) is 0 Å². The third kappa shape index (κ3) is 5.51. The summed E-state index contributed by atoms with van der Waals surface area (Å²) in [4.78, 5) is 2.42. The average Bonchev–Trinajstić information content (AvgIpc) is 3.75. The zero-order valence-corrected chi connectivity index (χ0v) is 32.7. The van der Waals surface area contributed by atoms with E-state index in [4.69, 9.17) is 0 Å². The number of hydrogen-bond donors (Lipinski definition) is 0. The number of hydrogen-bond acceptors (Lipinski definition) is 2. The van der Waals surface area contributed by atoms with Crippen molar-refractivity contribution >= 4 is 59.3 Å². The van der Waals surface area contributed by atoms with E-state index in [2.05, 4.69) is 219 Å². The number of thiophene rings is 1. The van der Waals surface area contributed by atoms with E-state index >= 15 is 0 Å². The molecule has 0 atom stereocenters. The van der Waals surface area contributed by atoms with Gasteiger partial charge in [-0.1, -0.05) is 166 Å². The molecule has 1 nitrogen and oxygen atoms in total. The van der Waals surface area contributed by atoms with Crippen molar-refractivity contribution in [1.29, 1.82) is 0 Å². The summed E-state index contributed by atoms with van der Waals surface area (Å²) in [6.45, 7) is 4.70. The van der Waals surface area contributed by atoms with Crippen molar-refractivity contribution in [3.8, 4) is 44.5 Å². The van der Waals surface area contributed by atoms with Gasteiger partial charge in [-0.3, -0.25) is 0 Å². The molecule has 0 fully saturated rings. The summed E-state index contributed by atoms with van der Waals surface area (Å²) in [5.41, 5.74) is 16.1. The van der Waals surface area contributed by atoms with E-state index < -0.39 is 0 Å². The molecule has 0 spiro atoms. The van der Waals surface area contributed by atoms with Gasteiger partial charge in [0.1, 0.15) is 0 Å². The van der Waals surface area contributed by atoms with Crippen molar-refractivity contribution in [2.24, 2.45) is 0 Å². The van der Waals surface area contributed by atoms with E-state index in [1.165, 1.54) is 86.6 Å². The van der Waals surface area contributed by atoms with Crippen LogP contribution in [0.25, 0.3) is 75.5 Å². The lowest BCUT2D eigenvalue weighted by Crippen LogP contribution is -2.14. The van der Waals surface area contributed by atoms with Crippen LogP contribution in [0.5, 0.6) is 0 Å². The van der Waals surface area contributed by atoms with Crippen LogP contribution in [0, 0.1) is 0 Å². The molecule has 0 N–H and O–H groups in total. The van der Waals surface area contributed by atoms with Gasteiger partial charge in [0.2, 0.25) is 0 Å². The van der Waals surface area contributed by atoms with Crippen LogP contribution < -0.4 is 4.90 Å². The molecule has 9 aromatic carbocycles. The maximum absolute atomic E-state index is 2.42. The van der Waals surface area contributed by atoms with Gasteiger partial charge in [0, 0.05) is 42.5 Å². The van der Waals surface area contributed by atoms with Crippen LogP contribution in [0.4, 0.5) is 17.1 Å². The monoisotopic (exact) mass is 745 g/mol. The summed E-state index contributed by atoms with van der Waals surface area (Å²) in [5.74, 6) is 0. The fraction of sp³-hybridized carbons (Fsp3) is 0.0545. The average molecular weight is 746 g/mol. The molecule has 270 valence electrons. The third-order valence-electron chi connectivity index (χ3n) is 12.1. The smallest absolute Gasteiger partial charge is 0.0540 e. The number of benzene rings is 9. The number of rotatable bonds is 6. The van der Waals surface area contributed by atoms with Gasteiger partial charge in [-0.2, -0.15) is 0 Å². The van der Waals surface area contributed by atoms with Crippen LogP contribution in [0.15, 0.2) is 200 Å². The van der Waals surface area contributed by atoms with Crippen LogP contribution in [0.3, 0.4) is 0 Å².